The molecule has 3 atom stereocenters. The van der Waals surface area contributed by atoms with Crippen LogP contribution in [0, 0.1) is 0 Å². The van der Waals surface area contributed by atoms with Crippen LogP contribution in [0.2, 0.25) is 0 Å². The lowest BCUT2D eigenvalue weighted by atomic mass is 10.0. The number of hydrogen-bond donors (Lipinski definition) is 2. The highest BCUT2D eigenvalue weighted by Crippen LogP contribution is 2.40. The largest absolute Gasteiger partial charge is 0.477 e. The zero-order valence-electron chi connectivity index (χ0n) is 10.0. The van der Waals surface area contributed by atoms with Crippen molar-refractivity contribution in [2.45, 2.75) is 36.9 Å². The maximum Gasteiger partial charge on any atom is 0.352 e. The maximum atomic E-state index is 12.0. The highest BCUT2D eigenvalue weighted by molar-refractivity contribution is 8.00. The van der Waals surface area contributed by atoms with Gasteiger partial charge in [-0.2, -0.15) is 0 Å². The number of carbonyl (C=O) groups is 2. The molecule has 0 bridgehead atoms. The number of carboxylic acids is 1. The van der Waals surface area contributed by atoms with Gasteiger partial charge in [0.25, 0.3) is 5.91 Å². The normalized spacial score (nSPS) is 30.1. The summed E-state index contributed by atoms with van der Waals surface area (Å²) < 4.78 is 0. The van der Waals surface area contributed by atoms with Crippen LogP contribution in [-0.2, 0) is 9.59 Å². The summed E-state index contributed by atoms with van der Waals surface area (Å²) in [4.78, 5) is 25.0. The second-order valence-corrected chi connectivity index (χ2v) is 6.19. The first-order chi connectivity index (χ1) is 8.45. The van der Waals surface area contributed by atoms with Crippen LogP contribution in [0.25, 0.3) is 0 Å². The Hall–Kier alpha value is -1.08. The van der Waals surface area contributed by atoms with Crippen molar-refractivity contribution in [2.24, 2.45) is 0 Å². The highest BCUT2D eigenvalue weighted by atomic mass is 32.2. The van der Waals surface area contributed by atoms with E-state index >= 15 is 0 Å². The van der Waals surface area contributed by atoms with E-state index in [1.54, 1.807) is 17.8 Å². The van der Waals surface area contributed by atoms with Gasteiger partial charge in [0, 0.05) is 5.25 Å². The van der Waals surface area contributed by atoms with E-state index in [9.17, 15) is 9.59 Å². The molecule has 1 amide bonds. The molecular weight excluding hydrogens is 272 g/mol. The third-order valence-electron chi connectivity index (χ3n) is 2.91. The lowest BCUT2D eigenvalue weighted by Gasteiger charge is -2.49. The zero-order chi connectivity index (χ0) is 13.4. The van der Waals surface area contributed by atoms with Crippen molar-refractivity contribution in [3.05, 3.63) is 11.8 Å². The van der Waals surface area contributed by atoms with E-state index in [4.69, 9.17) is 17.3 Å². The van der Waals surface area contributed by atoms with Gasteiger partial charge in [0.15, 0.2) is 0 Å². The first-order valence-electron chi connectivity index (χ1n) is 5.68. The molecule has 98 valence electrons. The highest BCUT2D eigenvalue weighted by Gasteiger charge is 2.53. The van der Waals surface area contributed by atoms with Crippen LogP contribution in [-0.4, -0.2) is 43.5 Å². The van der Waals surface area contributed by atoms with E-state index < -0.39 is 12.0 Å². The molecule has 2 rings (SSSR count). The number of fused-ring (bicyclic) bond motifs is 1. The van der Waals surface area contributed by atoms with Gasteiger partial charge in [0.2, 0.25) is 0 Å². The van der Waals surface area contributed by atoms with E-state index in [2.05, 4.69) is 5.32 Å². The average molecular weight is 286 g/mol. The summed E-state index contributed by atoms with van der Waals surface area (Å²) in [6.07, 6.45) is 2.28. The van der Waals surface area contributed by atoms with Gasteiger partial charge in [0.1, 0.15) is 17.1 Å². The summed E-state index contributed by atoms with van der Waals surface area (Å²) in [5.41, 5.74) is 0.0803. The van der Waals surface area contributed by atoms with Gasteiger partial charge >= 0.3 is 5.97 Å². The number of carbonyl (C=O) groups excluding carboxylic acids is 1. The first kappa shape index (κ1) is 13.4. The molecule has 0 aromatic rings. The Balaban J connectivity index is 2.17. The van der Waals surface area contributed by atoms with E-state index in [1.165, 1.54) is 4.90 Å². The Morgan fingerprint density at radius 3 is 2.89 bits per heavy atom. The molecule has 0 spiro atoms. The fourth-order valence-electron chi connectivity index (χ4n) is 2.00. The molecule has 18 heavy (non-hydrogen) atoms. The van der Waals surface area contributed by atoms with Crippen LogP contribution in [0.4, 0.5) is 0 Å². The fourth-order valence-corrected chi connectivity index (χ4v) is 3.46. The third-order valence-corrected chi connectivity index (χ3v) is 4.64. The number of carboxylic acid groups (broad SMARTS) is 1. The summed E-state index contributed by atoms with van der Waals surface area (Å²) in [6, 6.07) is -0.395. The van der Waals surface area contributed by atoms with Crippen molar-refractivity contribution in [2.75, 3.05) is 0 Å². The summed E-state index contributed by atoms with van der Waals surface area (Å²) in [5.74, 6) is -1.28. The standard InChI is InChI=1S/C11H14N2O3S2/c1-3-7(17)12-8-9(14)13-6(11(15)16)4-5(2)18-10(8)13/h4-5,8,10H,3H2,1-2H3,(H,12,17)(H,15,16)/t5?,8?,10-/m1/s1. The van der Waals surface area contributed by atoms with Crippen molar-refractivity contribution in [1.82, 2.24) is 10.2 Å². The van der Waals surface area contributed by atoms with Gasteiger partial charge in [-0.05, 0) is 19.4 Å². The molecule has 0 aliphatic carbocycles. The number of rotatable bonds is 3. The number of nitrogens with zero attached hydrogens (tertiary/aromatic N) is 1. The van der Waals surface area contributed by atoms with Crippen molar-refractivity contribution < 1.29 is 14.7 Å². The quantitative estimate of drug-likeness (QED) is 0.595. The zero-order valence-corrected chi connectivity index (χ0v) is 11.7. The second kappa shape index (κ2) is 4.89. The van der Waals surface area contributed by atoms with Crippen molar-refractivity contribution in [1.29, 1.82) is 0 Å². The topological polar surface area (TPSA) is 69.6 Å². The van der Waals surface area contributed by atoms with Crippen LogP contribution in [0.1, 0.15) is 20.3 Å². The lowest BCUT2D eigenvalue weighted by Crippen LogP contribution is -2.70. The smallest absolute Gasteiger partial charge is 0.352 e. The predicted molar refractivity (Wildman–Crippen MR) is 73.2 cm³/mol. The molecule has 0 saturated carbocycles. The van der Waals surface area contributed by atoms with E-state index in [1.807, 2.05) is 13.8 Å². The molecule has 0 aromatic carbocycles. The van der Waals surface area contributed by atoms with Gasteiger partial charge in [-0.25, -0.2) is 4.79 Å². The van der Waals surface area contributed by atoms with E-state index in [-0.39, 0.29) is 22.2 Å². The molecule has 2 aliphatic heterocycles. The maximum absolute atomic E-state index is 12.0. The molecule has 2 unspecified atom stereocenters. The minimum absolute atomic E-state index is 0.0740. The Kier molecular flexibility index (Phi) is 3.63. The monoisotopic (exact) mass is 286 g/mol. The molecule has 2 N–H and O–H groups in total. The minimum atomic E-state index is -1.06. The summed E-state index contributed by atoms with van der Waals surface area (Å²) in [7, 11) is 0. The number of amides is 1. The first-order valence-corrected chi connectivity index (χ1v) is 7.03. The molecular formula is C11H14N2O3S2. The Labute approximate surface area is 115 Å². The number of aliphatic carboxylic acids is 1. The van der Waals surface area contributed by atoms with Crippen molar-refractivity contribution in [3.8, 4) is 0 Å². The van der Waals surface area contributed by atoms with Crippen LogP contribution in [0.3, 0.4) is 0 Å². The van der Waals surface area contributed by atoms with Crippen molar-refractivity contribution in [3.63, 3.8) is 0 Å². The Morgan fingerprint density at radius 2 is 2.33 bits per heavy atom. The number of nitrogens with one attached hydrogen (secondary N) is 1. The Bertz CT molecular complexity index is 450. The third kappa shape index (κ3) is 2.12. The number of hydrogen-bond acceptors (Lipinski definition) is 4. The van der Waals surface area contributed by atoms with Gasteiger partial charge < -0.3 is 10.4 Å². The van der Waals surface area contributed by atoms with Crippen LogP contribution in [0.15, 0.2) is 11.8 Å². The molecule has 7 heteroatoms. The Morgan fingerprint density at radius 1 is 1.67 bits per heavy atom. The van der Waals surface area contributed by atoms with E-state index in [0.717, 1.165) is 0 Å². The summed E-state index contributed by atoms with van der Waals surface area (Å²) >= 11 is 6.63. The minimum Gasteiger partial charge on any atom is -0.477 e. The van der Waals surface area contributed by atoms with Gasteiger partial charge in [0.05, 0.1) is 4.99 Å². The van der Waals surface area contributed by atoms with Crippen LogP contribution >= 0.6 is 24.0 Å². The molecule has 1 fully saturated rings. The van der Waals surface area contributed by atoms with Gasteiger partial charge in [-0.15, -0.1) is 11.8 Å². The lowest BCUT2D eigenvalue weighted by molar-refractivity contribution is -0.148. The number of β-lactam (4-membered cyclic amide) rings is 1. The second-order valence-electron chi connectivity index (χ2n) is 4.20. The molecule has 2 heterocycles. The molecule has 2 aliphatic rings. The average Bonchev–Trinajstić information content (AvgIpc) is 2.34. The van der Waals surface area contributed by atoms with Crippen molar-refractivity contribution >= 4 is 40.8 Å². The van der Waals surface area contributed by atoms with Crippen LogP contribution in [0.5, 0.6) is 0 Å². The predicted octanol–water partition coefficient (Wildman–Crippen LogP) is 0.954. The molecule has 1 saturated heterocycles. The fraction of sp³-hybridized carbons (Fsp3) is 0.545. The summed E-state index contributed by atoms with van der Waals surface area (Å²) in [5, 5.41) is 12.0. The molecule has 0 aromatic heterocycles. The van der Waals surface area contributed by atoms with Gasteiger partial charge in [-0.1, -0.05) is 19.1 Å². The summed E-state index contributed by atoms with van der Waals surface area (Å²) in [6.45, 7) is 3.83. The van der Waals surface area contributed by atoms with Crippen LogP contribution < -0.4 is 5.32 Å². The molecule has 0 radical (unpaired) electrons. The SMILES string of the molecule is CCC(=S)NC1C(=O)N2C(C(=O)O)=CC(C)S[C@H]12. The molecule has 5 nitrogen and oxygen atoms in total. The van der Waals surface area contributed by atoms with Gasteiger partial charge in [-0.3, -0.25) is 9.69 Å². The van der Waals surface area contributed by atoms with E-state index in [0.29, 0.717) is 11.4 Å². The number of thiocarbonyl (C=S) groups is 1. The number of thioether (sulfide) groups is 1.